The van der Waals surface area contributed by atoms with E-state index in [-0.39, 0.29) is 16.6 Å². The minimum atomic E-state index is -3.62. The first-order valence-corrected chi connectivity index (χ1v) is 8.92. The maximum absolute atomic E-state index is 12.8. The molecule has 0 radical (unpaired) electrons. The number of rotatable bonds is 3. The standard InChI is InChI=1S/C15H23N3O4S/c1-11-10-16-13(17-14(19)15(2,3)4)9-12(11)23(20,21)18-5-7-22-8-6-18/h9-10H,5-8H2,1-4H3,(H,16,17,19). The van der Waals surface area contributed by atoms with Crippen LogP contribution in [0.5, 0.6) is 0 Å². The topological polar surface area (TPSA) is 88.6 Å². The zero-order valence-corrected chi connectivity index (χ0v) is 14.7. The molecule has 1 amide bonds. The van der Waals surface area contributed by atoms with E-state index in [4.69, 9.17) is 4.74 Å². The molecule has 0 aliphatic carbocycles. The number of aryl methyl sites for hydroxylation is 1. The van der Waals surface area contributed by atoms with Gasteiger partial charge in [-0.15, -0.1) is 0 Å². The molecule has 1 saturated heterocycles. The lowest BCUT2D eigenvalue weighted by Gasteiger charge is -2.26. The largest absolute Gasteiger partial charge is 0.379 e. The highest BCUT2D eigenvalue weighted by molar-refractivity contribution is 7.89. The van der Waals surface area contributed by atoms with E-state index in [1.54, 1.807) is 27.7 Å². The Morgan fingerprint density at radius 2 is 1.91 bits per heavy atom. The number of pyridine rings is 1. The third-order valence-electron chi connectivity index (χ3n) is 3.56. The predicted molar refractivity (Wildman–Crippen MR) is 86.6 cm³/mol. The van der Waals surface area contributed by atoms with Crippen molar-refractivity contribution in [1.29, 1.82) is 0 Å². The molecular weight excluding hydrogens is 318 g/mol. The van der Waals surface area contributed by atoms with Crippen LogP contribution in [0.4, 0.5) is 5.82 Å². The second kappa shape index (κ2) is 6.54. The third-order valence-corrected chi connectivity index (χ3v) is 5.61. The highest BCUT2D eigenvalue weighted by atomic mass is 32.2. The van der Waals surface area contributed by atoms with Crippen LogP contribution in [0.25, 0.3) is 0 Å². The molecule has 128 valence electrons. The number of anilines is 1. The van der Waals surface area contributed by atoms with Gasteiger partial charge < -0.3 is 10.1 Å². The Morgan fingerprint density at radius 3 is 2.48 bits per heavy atom. The average molecular weight is 341 g/mol. The maximum Gasteiger partial charge on any atom is 0.243 e. The first-order valence-electron chi connectivity index (χ1n) is 7.48. The van der Waals surface area contributed by atoms with Crippen molar-refractivity contribution < 1.29 is 17.9 Å². The quantitative estimate of drug-likeness (QED) is 0.897. The summed E-state index contributed by atoms with van der Waals surface area (Å²) in [6.07, 6.45) is 1.46. The zero-order chi connectivity index (χ0) is 17.3. The van der Waals surface area contributed by atoms with E-state index in [2.05, 4.69) is 10.3 Å². The number of sulfonamides is 1. The van der Waals surface area contributed by atoms with Crippen LogP contribution in [0.3, 0.4) is 0 Å². The molecule has 0 atom stereocenters. The van der Waals surface area contributed by atoms with E-state index in [0.717, 1.165) is 0 Å². The molecule has 1 fully saturated rings. The summed E-state index contributed by atoms with van der Waals surface area (Å²) in [7, 11) is -3.62. The Bertz CT molecular complexity index is 689. The molecule has 1 N–H and O–H groups in total. The minimum absolute atomic E-state index is 0.165. The van der Waals surface area contributed by atoms with Crippen molar-refractivity contribution in [3.8, 4) is 0 Å². The molecule has 0 aromatic carbocycles. The summed E-state index contributed by atoms with van der Waals surface area (Å²) in [5, 5.41) is 2.67. The fraction of sp³-hybridized carbons (Fsp3) is 0.600. The first kappa shape index (κ1) is 17.8. The number of hydrogen-bond donors (Lipinski definition) is 1. The van der Waals surface area contributed by atoms with Crippen LogP contribution in [-0.2, 0) is 19.6 Å². The molecule has 0 spiro atoms. The monoisotopic (exact) mass is 341 g/mol. The van der Waals surface area contributed by atoms with E-state index in [0.29, 0.717) is 31.9 Å². The molecule has 1 aliphatic rings. The molecule has 0 saturated carbocycles. The molecule has 7 nitrogen and oxygen atoms in total. The van der Waals surface area contributed by atoms with Crippen molar-refractivity contribution in [3.63, 3.8) is 0 Å². The fourth-order valence-corrected chi connectivity index (χ4v) is 3.71. The Morgan fingerprint density at radius 1 is 1.30 bits per heavy atom. The number of nitrogens with zero attached hydrogens (tertiary/aromatic N) is 2. The van der Waals surface area contributed by atoms with Gasteiger partial charge in [-0.25, -0.2) is 13.4 Å². The number of morpholine rings is 1. The van der Waals surface area contributed by atoms with Crippen molar-refractivity contribution in [2.24, 2.45) is 5.41 Å². The number of amides is 1. The summed E-state index contributed by atoms with van der Waals surface area (Å²) in [5.41, 5.74) is -0.0410. The van der Waals surface area contributed by atoms with Gasteiger partial charge in [-0.2, -0.15) is 4.31 Å². The van der Waals surface area contributed by atoms with Gasteiger partial charge in [-0.05, 0) is 12.5 Å². The Hall–Kier alpha value is -1.51. The van der Waals surface area contributed by atoms with E-state index in [1.807, 2.05) is 0 Å². The molecule has 8 heteroatoms. The summed E-state index contributed by atoms with van der Waals surface area (Å²) in [4.78, 5) is 16.3. The number of carbonyl (C=O) groups is 1. The van der Waals surface area contributed by atoms with Gasteiger partial charge >= 0.3 is 0 Å². The lowest BCUT2D eigenvalue weighted by atomic mass is 9.96. The highest BCUT2D eigenvalue weighted by Crippen LogP contribution is 2.24. The Labute approximate surface area is 137 Å². The van der Waals surface area contributed by atoms with Crippen LogP contribution in [-0.4, -0.2) is 49.9 Å². The van der Waals surface area contributed by atoms with Crippen LogP contribution in [0, 0.1) is 12.3 Å². The van der Waals surface area contributed by atoms with Gasteiger partial charge in [-0.3, -0.25) is 4.79 Å². The molecular formula is C15H23N3O4S. The molecule has 1 aliphatic heterocycles. The van der Waals surface area contributed by atoms with Gasteiger partial charge in [0.2, 0.25) is 15.9 Å². The van der Waals surface area contributed by atoms with Crippen LogP contribution < -0.4 is 5.32 Å². The van der Waals surface area contributed by atoms with Gasteiger partial charge in [0.05, 0.1) is 18.1 Å². The normalized spacial score (nSPS) is 17.0. The van der Waals surface area contributed by atoms with E-state index in [1.165, 1.54) is 16.6 Å². The van der Waals surface area contributed by atoms with E-state index < -0.39 is 15.4 Å². The fourth-order valence-electron chi connectivity index (χ4n) is 2.08. The number of ether oxygens (including phenoxy) is 1. The van der Waals surface area contributed by atoms with Crippen molar-refractivity contribution in [3.05, 3.63) is 17.8 Å². The maximum atomic E-state index is 12.8. The van der Waals surface area contributed by atoms with Crippen molar-refractivity contribution in [1.82, 2.24) is 9.29 Å². The van der Waals surface area contributed by atoms with E-state index >= 15 is 0 Å². The molecule has 1 aromatic rings. The second-order valence-electron chi connectivity index (χ2n) is 6.56. The Kier molecular flexibility index (Phi) is 5.07. The summed E-state index contributed by atoms with van der Waals surface area (Å²) in [5.74, 6) is 0.0194. The van der Waals surface area contributed by atoms with Crippen LogP contribution in [0.2, 0.25) is 0 Å². The van der Waals surface area contributed by atoms with Gasteiger partial charge in [0.25, 0.3) is 0 Å². The lowest BCUT2D eigenvalue weighted by Crippen LogP contribution is -2.40. The molecule has 2 heterocycles. The third kappa shape index (κ3) is 4.07. The zero-order valence-electron chi connectivity index (χ0n) is 13.9. The van der Waals surface area contributed by atoms with Crippen LogP contribution >= 0.6 is 0 Å². The minimum Gasteiger partial charge on any atom is -0.379 e. The summed E-state index contributed by atoms with van der Waals surface area (Å²) >= 11 is 0. The van der Waals surface area contributed by atoms with Gasteiger partial charge in [0.15, 0.2) is 0 Å². The second-order valence-corrected chi connectivity index (χ2v) is 8.46. The molecule has 1 aromatic heterocycles. The molecule has 23 heavy (non-hydrogen) atoms. The predicted octanol–water partition coefficient (Wildman–Crippen LogP) is 1.40. The smallest absolute Gasteiger partial charge is 0.243 e. The highest BCUT2D eigenvalue weighted by Gasteiger charge is 2.29. The number of aromatic nitrogens is 1. The van der Waals surface area contributed by atoms with Crippen molar-refractivity contribution in [2.45, 2.75) is 32.6 Å². The van der Waals surface area contributed by atoms with Crippen molar-refractivity contribution in [2.75, 3.05) is 31.6 Å². The molecule has 0 bridgehead atoms. The number of carbonyl (C=O) groups excluding carboxylic acids is 1. The lowest BCUT2D eigenvalue weighted by molar-refractivity contribution is -0.123. The number of hydrogen-bond acceptors (Lipinski definition) is 5. The van der Waals surface area contributed by atoms with Crippen LogP contribution in [0.1, 0.15) is 26.3 Å². The molecule has 2 rings (SSSR count). The van der Waals surface area contributed by atoms with Crippen LogP contribution in [0.15, 0.2) is 17.2 Å². The van der Waals surface area contributed by atoms with Gasteiger partial charge in [-0.1, -0.05) is 20.8 Å². The first-order chi connectivity index (χ1) is 10.6. The number of nitrogens with one attached hydrogen (secondary N) is 1. The summed E-state index contributed by atoms with van der Waals surface area (Å²) in [6.45, 7) is 8.46. The summed E-state index contributed by atoms with van der Waals surface area (Å²) < 4.78 is 32.1. The van der Waals surface area contributed by atoms with Gasteiger partial charge in [0.1, 0.15) is 5.82 Å². The van der Waals surface area contributed by atoms with Crippen molar-refractivity contribution >= 4 is 21.7 Å². The van der Waals surface area contributed by atoms with Gasteiger partial charge in [0, 0.05) is 30.8 Å². The average Bonchev–Trinajstić information content (AvgIpc) is 2.49. The Balaban J connectivity index is 2.32. The SMILES string of the molecule is Cc1cnc(NC(=O)C(C)(C)C)cc1S(=O)(=O)N1CCOCC1. The summed E-state index contributed by atoms with van der Waals surface area (Å²) in [6, 6.07) is 1.42. The molecule has 0 unspecified atom stereocenters. The van der Waals surface area contributed by atoms with E-state index in [9.17, 15) is 13.2 Å².